The molecular formula is C20H22O3. The number of carbonyl (C=O) groups is 1. The van der Waals surface area contributed by atoms with Crippen molar-refractivity contribution in [2.75, 3.05) is 13.7 Å². The van der Waals surface area contributed by atoms with Crippen LogP contribution in [0.3, 0.4) is 0 Å². The smallest absolute Gasteiger partial charge is 0.306 e. The minimum Gasteiger partial charge on any atom is -0.497 e. The lowest BCUT2D eigenvalue weighted by atomic mass is 9.87. The minimum atomic E-state index is -0.137. The van der Waals surface area contributed by atoms with E-state index in [0.717, 1.165) is 12.2 Å². The van der Waals surface area contributed by atoms with Gasteiger partial charge >= 0.3 is 5.97 Å². The van der Waals surface area contributed by atoms with Gasteiger partial charge in [-0.05, 0) is 42.5 Å². The van der Waals surface area contributed by atoms with E-state index in [4.69, 9.17) is 9.47 Å². The zero-order chi connectivity index (χ0) is 16.3. The Labute approximate surface area is 137 Å². The fraction of sp³-hybridized carbons (Fsp3) is 0.350. The van der Waals surface area contributed by atoms with Gasteiger partial charge in [0.1, 0.15) is 5.75 Å². The number of methoxy groups -OCH3 is 1. The number of carbonyl (C=O) groups excluding carboxylic acids is 1. The van der Waals surface area contributed by atoms with Crippen molar-refractivity contribution in [3.05, 3.63) is 65.7 Å². The number of hydrogen-bond donors (Lipinski definition) is 0. The summed E-state index contributed by atoms with van der Waals surface area (Å²) in [4.78, 5) is 12.1. The van der Waals surface area contributed by atoms with E-state index in [1.54, 1.807) is 7.11 Å². The maximum atomic E-state index is 12.1. The van der Waals surface area contributed by atoms with E-state index in [0.29, 0.717) is 18.9 Å². The van der Waals surface area contributed by atoms with E-state index in [9.17, 15) is 4.79 Å². The third-order valence-corrected chi connectivity index (χ3v) is 4.71. The highest BCUT2D eigenvalue weighted by molar-refractivity contribution is 5.73. The summed E-state index contributed by atoms with van der Waals surface area (Å²) in [5.74, 6) is 1.08. The van der Waals surface area contributed by atoms with E-state index in [1.165, 1.54) is 11.1 Å². The summed E-state index contributed by atoms with van der Waals surface area (Å²) in [5, 5.41) is 0. The first-order chi connectivity index (χ1) is 11.2. The molecule has 0 amide bonds. The SMILES string of the molecule is CCOC(=O)CC1(c2ccccc2)CC1c1ccc(OC)cc1. The standard InChI is InChI=1S/C20H22O3/c1-3-23-19(21)14-20(16-7-5-4-6-8-16)13-18(20)15-9-11-17(22-2)12-10-15/h4-12,18H,3,13-14H2,1-2H3. The fourth-order valence-electron chi connectivity index (χ4n) is 3.43. The summed E-state index contributed by atoms with van der Waals surface area (Å²) in [7, 11) is 1.67. The molecule has 0 N–H and O–H groups in total. The summed E-state index contributed by atoms with van der Waals surface area (Å²) in [5.41, 5.74) is 2.33. The quantitative estimate of drug-likeness (QED) is 0.754. The number of benzene rings is 2. The van der Waals surface area contributed by atoms with Crippen LogP contribution in [0.5, 0.6) is 5.75 Å². The van der Waals surface area contributed by atoms with E-state index in [1.807, 2.05) is 37.3 Å². The molecular weight excluding hydrogens is 288 g/mol. The first-order valence-corrected chi connectivity index (χ1v) is 8.04. The van der Waals surface area contributed by atoms with Gasteiger partial charge < -0.3 is 9.47 Å². The molecule has 3 rings (SSSR count). The third-order valence-electron chi connectivity index (χ3n) is 4.71. The van der Waals surface area contributed by atoms with Crippen molar-refractivity contribution >= 4 is 5.97 Å². The molecule has 1 aliphatic rings. The second kappa shape index (κ2) is 6.45. The molecule has 2 unspecified atom stereocenters. The molecule has 2 aromatic carbocycles. The Morgan fingerprint density at radius 3 is 2.43 bits per heavy atom. The van der Waals surface area contributed by atoms with Crippen LogP contribution >= 0.6 is 0 Å². The van der Waals surface area contributed by atoms with Crippen molar-refractivity contribution in [1.29, 1.82) is 0 Å². The molecule has 3 heteroatoms. The molecule has 0 heterocycles. The van der Waals surface area contributed by atoms with Gasteiger partial charge in [0.15, 0.2) is 0 Å². The predicted octanol–water partition coefficient (Wildman–Crippen LogP) is 4.07. The van der Waals surface area contributed by atoms with Crippen LogP contribution in [0.4, 0.5) is 0 Å². The predicted molar refractivity (Wildman–Crippen MR) is 89.7 cm³/mol. The number of rotatable bonds is 6. The third kappa shape index (κ3) is 3.09. The van der Waals surface area contributed by atoms with Crippen molar-refractivity contribution in [1.82, 2.24) is 0 Å². The lowest BCUT2D eigenvalue weighted by Gasteiger charge is -2.17. The molecule has 2 aromatic rings. The maximum absolute atomic E-state index is 12.1. The Bertz CT molecular complexity index is 663. The van der Waals surface area contributed by atoms with Gasteiger partial charge in [-0.3, -0.25) is 4.79 Å². The van der Waals surface area contributed by atoms with Gasteiger partial charge in [0.2, 0.25) is 0 Å². The van der Waals surface area contributed by atoms with Crippen LogP contribution < -0.4 is 4.74 Å². The van der Waals surface area contributed by atoms with Crippen LogP contribution in [0.2, 0.25) is 0 Å². The lowest BCUT2D eigenvalue weighted by molar-refractivity contribution is -0.143. The highest BCUT2D eigenvalue weighted by atomic mass is 16.5. The summed E-state index contributed by atoms with van der Waals surface area (Å²) >= 11 is 0. The van der Waals surface area contributed by atoms with Gasteiger partial charge in [-0.2, -0.15) is 0 Å². The Morgan fingerprint density at radius 1 is 1.13 bits per heavy atom. The highest BCUT2D eigenvalue weighted by Crippen LogP contribution is 2.62. The van der Waals surface area contributed by atoms with E-state index in [2.05, 4.69) is 24.3 Å². The first-order valence-electron chi connectivity index (χ1n) is 8.04. The van der Waals surface area contributed by atoms with Crippen LogP contribution in [0.15, 0.2) is 54.6 Å². The molecule has 2 atom stereocenters. The molecule has 1 aliphatic carbocycles. The van der Waals surface area contributed by atoms with Crippen molar-refractivity contribution in [2.24, 2.45) is 0 Å². The molecule has 0 bridgehead atoms. The first kappa shape index (κ1) is 15.6. The summed E-state index contributed by atoms with van der Waals surface area (Å²) in [6.07, 6.45) is 1.41. The topological polar surface area (TPSA) is 35.5 Å². The van der Waals surface area contributed by atoms with Crippen LogP contribution in [-0.2, 0) is 14.9 Å². The second-order valence-corrected chi connectivity index (χ2v) is 6.03. The Balaban J connectivity index is 1.87. The van der Waals surface area contributed by atoms with Crippen LogP contribution in [0, 0.1) is 0 Å². The molecule has 0 aromatic heterocycles. The van der Waals surface area contributed by atoms with Crippen molar-refractivity contribution < 1.29 is 14.3 Å². The molecule has 0 spiro atoms. The molecule has 23 heavy (non-hydrogen) atoms. The summed E-state index contributed by atoms with van der Waals surface area (Å²) < 4.78 is 10.4. The number of hydrogen-bond acceptors (Lipinski definition) is 3. The second-order valence-electron chi connectivity index (χ2n) is 6.03. The minimum absolute atomic E-state index is 0.118. The van der Waals surface area contributed by atoms with Gasteiger partial charge in [-0.25, -0.2) is 0 Å². The summed E-state index contributed by atoms with van der Waals surface area (Å²) in [6.45, 7) is 2.28. The van der Waals surface area contributed by atoms with Gasteiger partial charge in [0.25, 0.3) is 0 Å². The normalized spacial score (nSPS) is 22.4. The Kier molecular flexibility index (Phi) is 4.37. The molecule has 0 saturated heterocycles. The lowest BCUT2D eigenvalue weighted by Crippen LogP contribution is -2.18. The Hall–Kier alpha value is -2.29. The fourth-order valence-corrected chi connectivity index (χ4v) is 3.43. The average molecular weight is 310 g/mol. The molecule has 0 aliphatic heterocycles. The van der Waals surface area contributed by atoms with E-state index >= 15 is 0 Å². The van der Waals surface area contributed by atoms with Crippen molar-refractivity contribution in [2.45, 2.75) is 31.1 Å². The maximum Gasteiger partial charge on any atom is 0.306 e. The van der Waals surface area contributed by atoms with Crippen molar-refractivity contribution in [3.63, 3.8) is 0 Å². The van der Waals surface area contributed by atoms with Gasteiger partial charge in [-0.1, -0.05) is 42.5 Å². The Morgan fingerprint density at radius 2 is 1.83 bits per heavy atom. The van der Waals surface area contributed by atoms with Gasteiger partial charge in [0, 0.05) is 5.41 Å². The largest absolute Gasteiger partial charge is 0.497 e. The number of ether oxygens (including phenoxy) is 2. The van der Waals surface area contributed by atoms with Crippen LogP contribution in [0.25, 0.3) is 0 Å². The summed E-state index contributed by atoms with van der Waals surface area (Å²) in [6, 6.07) is 18.5. The van der Waals surface area contributed by atoms with Gasteiger partial charge in [-0.15, -0.1) is 0 Å². The number of esters is 1. The molecule has 120 valence electrons. The molecule has 3 nitrogen and oxygen atoms in total. The van der Waals surface area contributed by atoms with E-state index < -0.39 is 0 Å². The zero-order valence-corrected chi connectivity index (χ0v) is 13.6. The average Bonchev–Trinajstić information content (AvgIpc) is 3.31. The van der Waals surface area contributed by atoms with Crippen LogP contribution in [-0.4, -0.2) is 19.7 Å². The molecule has 1 fully saturated rings. The van der Waals surface area contributed by atoms with Crippen molar-refractivity contribution in [3.8, 4) is 5.75 Å². The molecule has 0 radical (unpaired) electrons. The van der Waals surface area contributed by atoms with Gasteiger partial charge in [0.05, 0.1) is 20.1 Å². The van der Waals surface area contributed by atoms with Crippen LogP contribution in [0.1, 0.15) is 36.8 Å². The van der Waals surface area contributed by atoms with E-state index in [-0.39, 0.29) is 11.4 Å². The monoisotopic (exact) mass is 310 g/mol. The zero-order valence-electron chi connectivity index (χ0n) is 13.6. The molecule has 1 saturated carbocycles. The highest BCUT2D eigenvalue weighted by Gasteiger charge is 2.57.